The van der Waals surface area contributed by atoms with E-state index in [2.05, 4.69) is 5.10 Å². The second-order valence-corrected chi connectivity index (χ2v) is 3.67. The van der Waals surface area contributed by atoms with Gasteiger partial charge in [0.25, 0.3) is 5.91 Å². The smallest absolute Gasteiger partial charge is 0.254 e. The molecule has 6 heteroatoms. The number of rotatable bonds is 3. The lowest BCUT2D eigenvalue weighted by Gasteiger charge is -2.38. The first-order valence-electron chi connectivity index (χ1n) is 4.73. The lowest BCUT2D eigenvalue weighted by Crippen LogP contribution is -2.52. The van der Waals surface area contributed by atoms with Crippen LogP contribution in [-0.4, -0.2) is 42.0 Å². The SMILES string of the molecule is COC1CN(c2nn(C)cc2C(N)=O)C1. The number of nitrogens with zero attached hydrogens (tertiary/aromatic N) is 3. The van der Waals surface area contributed by atoms with Crippen LogP contribution in [0.2, 0.25) is 0 Å². The van der Waals surface area contributed by atoms with Crippen LogP contribution in [0.4, 0.5) is 5.82 Å². The highest BCUT2D eigenvalue weighted by Gasteiger charge is 2.31. The van der Waals surface area contributed by atoms with E-state index in [9.17, 15) is 4.79 Å². The van der Waals surface area contributed by atoms with Crippen molar-refractivity contribution < 1.29 is 9.53 Å². The molecule has 1 aliphatic heterocycles. The van der Waals surface area contributed by atoms with E-state index < -0.39 is 5.91 Å². The minimum Gasteiger partial charge on any atom is -0.378 e. The fourth-order valence-electron chi connectivity index (χ4n) is 1.64. The van der Waals surface area contributed by atoms with Crippen molar-refractivity contribution in [1.82, 2.24) is 9.78 Å². The minimum absolute atomic E-state index is 0.229. The van der Waals surface area contributed by atoms with Crippen molar-refractivity contribution in [3.63, 3.8) is 0 Å². The molecule has 0 bridgehead atoms. The summed E-state index contributed by atoms with van der Waals surface area (Å²) in [6.45, 7) is 1.52. The van der Waals surface area contributed by atoms with Crippen molar-refractivity contribution >= 4 is 11.7 Å². The second-order valence-electron chi connectivity index (χ2n) is 3.67. The van der Waals surface area contributed by atoms with Gasteiger partial charge in [-0.2, -0.15) is 5.10 Å². The number of anilines is 1. The van der Waals surface area contributed by atoms with Crippen LogP contribution < -0.4 is 10.6 Å². The molecule has 15 heavy (non-hydrogen) atoms. The van der Waals surface area contributed by atoms with Crippen molar-refractivity contribution in [3.8, 4) is 0 Å². The maximum Gasteiger partial charge on any atom is 0.254 e. The second kappa shape index (κ2) is 3.54. The van der Waals surface area contributed by atoms with Crippen molar-refractivity contribution in [3.05, 3.63) is 11.8 Å². The van der Waals surface area contributed by atoms with E-state index in [0.717, 1.165) is 13.1 Å². The van der Waals surface area contributed by atoms with Crippen LogP contribution in [-0.2, 0) is 11.8 Å². The zero-order valence-electron chi connectivity index (χ0n) is 8.80. The van der Waals surface area contributed by atoms with Crippen LogP contribution in [0, 0.1) is 0 Å². The Morgan fingerprint density at radius 3 is 2.87 bits per heavy atom. The van der Waals surface area contributed by atoms with E-state index >= 15 is 0 Å². The molecule has 2 N–H and O–H groups in total. The summed E-state index contributed by atoms with van der Waals surface area (Å²) in [5.41, 5.74) is 5.73. The van der Waals surface area contributed by atoms with Gasteiger partial charge in [0.2, 0.25) is 0 Å². The third kappa shape index (κ3) is 1.68. The van der Waals surface area contributed by atoms with Crippen molar-refractivity contribution in [2.24, 2.45) is 12.8 Å². The van der Waals surface area contributed by atoms with Gasteiger partial charge in [0.05, 0.1) is 6.10 Å². The molecule has 1 aromatic rings. The summed E-state index contributed by atoms with van der Waals surface area (Å²) in [5.74, 6) is 0.206. The molecule has 0 atom stereocenters. The summed E-state index contributed by atoms with van der Waals surface area (Å²) < 4.78 is 6.75. The molecule has 6 nitrogen and oxygen atoms in total. The zero-order valence-corrected chi connectivity index (χ0v) is 8.80. The number of nitrogens with two attached hydrogens (primary N) is 1. The largest absolute Gasteiger partial charge is 0.378 e. The summed E-state index contributed by atoms with van der Waals surface area (Å²) >= 11 is 0. The fraction of sp³-hybridized carbons (Fsp3) is 0.556. The Bertz CT molecular complexity index is 381. The monoisotopic (exact) mass is 210 g/mol. The van der Waals surface area contributed by atoms with Crippen molar-refractivity contribution in [2.45, 2.75) is 6.10 Å². The molecule has 0 aromatic carbocycles. The van der Waals surface area contributed by atoms with Crippen LogP contribution in [0.1, 0.15) is 10.4 Å². The Kier molecular flexibility index (Phi) is 2.36. The molecule has 0 unspecified atom stereocenters. The van der Waals surface area contributed by atoms with E-state index in [1.165, 1.54) is 0 Å². The molecule has 1 aromatic heterocycles. The Balaban J connectivity index is 2.18. The Morgan fingerprint density at radius 1 is 1.67 bits per heavy atom. The molecule has 1 fully saturated rings. The number of primary amides is 1. The fourth-order valence-corrected chi connectivity index (χ4v) is 1.64. The van der Waals surface area contributed by atoms with Gasteiger partial charge in [-0.1, -0.05) is 0 Å². The van der Waals surface area contributed by atoms with Gasteiger partial charge in [-0.05, 0) is 0 Å². The third-order valence-corrected chi connectivity index (χ3v) is 2.56. The number of hydrogen-bond acceptors (Lipinski definition) is 4. The van der Waals surface area contributed by atoms with Crippen LogP contribution in [0.3, 0.4) is 0 Å². The van der Waals surface area contributed by atoms with Gasteiger partial charge >= 0.3 is 0 Å². The van der Waals surface area contributed by atoms with Gasteiger partial charge in [-0.15, -0.1) is 0 Å². The number of carbonyl (C=O) groups is 1. The van der Waals surface area contributed by atoms with E-state index in [1.54, 1.807) is 25.0 Å². The summed E-state index contributed by atoms with van der Waals surface area (Å²) in [6.07, 6.45) is 1.87. The lowest BCUT2D eigenvalue weighted by atomic mass is 10.1. The average molecular weight is 210 g/mol. The van der Waals surface area contributed by atoms with Gasteiger partial charge in [-0.25, -0.2) is 0 Å². The van der Waals surface area contributed by atoms with Crippen LogP contribution >= 0.6 is 0 Å². The normalized spacial score (nSPS) is 16.5. The van der Waals surface area contributed by atoms with Crippen LogP contribution in [0.15, 0.2) is 6.20 Å². The Hall–Kier alpha value is -1.56. The standard InChI is InChI=1S/C9H14N4O2/c1-12-5-7(8(10)14)9(11-12)13-3-6(4-13)15-2/h5-6H,3-4H2,1-2H3,(H2,10,14). The number of aromatic nitrogens is 2. The predicted octanol–water partition coefficient (Wildman–Crippen LogP) is -0.646. The topological polar surface area (TPSA) is 73.4 Å². The molecule has 0 radical (unpaired) electrons. The van der Waals surface area contributed by atoms with Crippen molar-refractivity contribution in [1.29, 1.82) is 0 Å². The Labute approximate surface area is 87.6 Å². The molecule has 1 saturated heterocycles. The van der Waals surface area contributed by atoms with E-state index in [0.29, 0.717) is 11.4 Å². The molecule has 0 aliphatic carbocycles. The number of hydrogen-bond donors (Lipinski definition) is 1. The van der Waals surface area contributed by atoms with Gasteiger partial charge in [0, 0.05) is 33.4 Å². The first-order valence-corrected chi connectivity index (χ1v) is 4.73. The molecule has 2 heterocycles. The van der Waals surface area contributed by atoms with E-state index in [4.69, 9.17) is 10.5 Å². The summed E-state index contributed by atoms with van der Waals surface area (Å²) in [5, 5.41) is 4.21. The lowest BCUT2D eigenvalue weighted by molar-refractivity contribution is 0.0779. The zero-order chi connectivity index (χ0) is 11.0. The van der Waals surface area contributed by atoms with Crippen LogP contribution in [0.25, 0.3) is 0 Å². The maximum absolute atomic E-state index is 11.1. The van der Waals surface area contributed by atoms with Crippen molar-refractivity contribution in [2.75, 3.05) is 25.1 Å². The number of carbonyl (C=O) groups excluding carboxylic acids is 1. The quantitative estimate of drug-likeness (QED) is 0.719. The predicted molar refractivity (Wildman–Crippen MR) is 54.7 cm³/mol. The number of aryl methyl sites for hydroxylation is 1. The highest BCUT2D eigenvalue weighted by atomic mass is 16.5. The number of methoxy groups -OCH3 is 1. The first kappa shape index (κ1) is 9.97. The summed E-state index contributed by atoms with van der Waals surface area (Å²) in [4.78, 5) is 13.1. The van der Waals surface area contributed by atoms with Gasteiger partial charge in [-0.3, -0.25) is 9.48 Å². The highest BCUT2D eigenvalue weighted by molar-refractivity contribution is 5.97. The van der Waals surface area contributed by atoms with Gasteiger partial charge in [0.1, 0.15) is 5.56 Å². The molecule has 0 spiro atoms. The van der Waals surface area contributed by atoms with E-state index in [1.807, 2.05) is 4.90 Å². The third-order valence-electron chi connectivity index (χ3n) is 2.56. The van der Waals surface area contributed by atoms with E-state index in [-0.39, 0.29) is 6.10 Å². The molecule has 2 rings (SSSR count). The molecular weight excluding hydrogens is 196 g/mol. The highest BCUT2D eigenvalue weighted by Crippen LogP contribution is 2.23. The maximum atomic E-state index is 11.1. The molecular formula is C9H14N4O2. The number of amides is 1. The van der Waals surface area contributed by atoms with Gasteiger partial charge in [0.15, 0.2) is 5.82 Å². The first-order chi connectivity index (χ1) is 7.11. The number of ether oxygens (including phenoxy) is 1. The molecule has 1 amide bonds. The molecule has 82 valence electrons. The van der Waals surface area contributed by atoms with Gasteiger partial charge < -0.3 is 15.4 Å². The van der Waals surface area contributed by atoms with Crippen LogP contribution in [0.5, 0.6) is 0 Å². The summed E-state index contributed by atoms with van der Waals surface area (Å²) in [6, 6.07) is 0. The summed E-state index contributed by atoms with van der Waals surface area (Å²) in [7, 11) is 3.44. The average Bonchev–Trinajstić information content (AvgIpc) is 2.45. The Morgan fingerprint density at radius 2 is 2.33 bits per heavy atom. The molecule has 0 saturated carbocycles. The minimum atomic E-state index is -0.445. The molecule has 1 aliphatic rings.